The molecule has 2 atom stereocenters. The van der Waals surface area contributed by atoms with Crippen LogP contribution in [0.2, 0.25) is 0 Å². The standard InChI is InChI=1S/C17H32/c1-3-6-15-9-11-16(12-10-15)17-8-5-7-14(4-2)13-17/h14-17H,3-13H2,1-2H3. The van der Waals surface area contributed by atoms with Crippen molar-refractivity contribution in [2.24, 2.45) is 23.7 Å². The molecule has 2 aliphatic carbocycles. The van der Waals surface area contributed by atoms with Gasteiger partial charge in [0.1, 0.15) is 0 Å². The van der Waals surface area contributed by atoms with Crippen LogP contribution in [-0.4, -0.2) is 0 Å². The molecule has 0 aromatic rings. The predicted octanol–water partition coefficient (Wildman–Crippen LogP) is 5.81. The van der Waals surface area contributed by atoms with Crippen molar-refractivity contribution < 1.29 is 0 Å². The van der Waals surface area contributed by atoms with Gasteiger partial charge in [-0.15, -0.1) is 0 Å². The first-order valence-electron chi connectivity index (χ1n) is 8.33. The molecule has 2 unspecified atom stereocenters. The highest BCUT2D eigenvalue weighted by Gasteiger charge is 2.30. The van der Waals surface area contributed by atoms with Crippen molar-refractivity contribution in [1.29, 1.82) is 0 Å². The van der Waals surface area contributed by atoms with Crippen LogP contribution in [0, 0.1) is 23.7 Å². The van der Waals surface area contributed by atoms with Crippen molar-refractivity contribution in [2.45, 2.75) is 84.5 Å². The normalized spacial score (nSPS) is 39.2. The van der Waals surface area contributed by atoms with Gasteiger partial charge in [-0.05, 0) is 42.9 Å². The maximum absolute atomic E-state index is 2.39. The van der Waals surface area contributed by atoms with E-state index in [9.17, 15) is 0 Å². The Kier molecular flexibility index (Phi) is 5.38. The van der Waals surface area contributed by atoms with Crippen LogP contribution in [0.4, 0.5) is 0 Å². The average molecular weight is 236 g/mol. The molecule has 0 radical (unpaired) electrons. The van der Waals surface area contributed by atoms with E-state index in [0.717, 1.165) is 23.7 Å². The van der Waals surface area contributed by atoms with Gasteiger partial charge in [-0.2, -0.15) is 0 Å². The lowest BCUT2D eigenvalue weighted by atomic mass is 9.68. The summed E-state index contributed by atoms with van der Waals surface area (Å²) in [5.74, 6) is 4.37. The molecular weight excluding hydrogens is 204 g/mol. The van der Waals surface area contributed by atoms with Gasteiger partial charge in [0.25, 0.3) is 0 Å². The molecule has 0 aromatic carbocycles. The zero-order valence-corrected chi connectivity index (χ0v) is 12.1. The van der Waals surface area contributed by atoms with Gasteiger partial charge >= 0.3 is 0 Å². The Morgan fingerprint density at radius 2 is 1.53 bits per heavy atom. The van der Waals surface area contributed by atoms with Gasteiger partial charge in [-0.1, -0.05) is 65.2 Å². The van der Waals surface area contributed by atoms with Gasteiger partial charge in [0.2, 0.25) is 0 Å². The third-order valence-electron chi connectivity index (χ3n) is 5.66. The first-order valence-corrected chi connectivity index (χ1v) is 8.33. The fourth-order valence-electron chi connectivity index (χ4n) is 4.49. The molecule has 17 heavy (non-hydrogen) atoms. The van der Waals surface area contributed by atoms with Gasteiger partial charge in [0.15, 0.2) is 0 Å². The summed E-state index contributed by atoms with van der Waals surface area (Å²) in [5.41, 5.74) is 0. The van der Waals surface area contributed by atoms with Crippen molar-refractivity contribution in [3.63, 3.8) is 0 Å². The Labute approximate surface area is 109 Å². The van der Waals surface area contributed by atoms with Crippen LogP contribution in [-0.2, 0) is 0 Å². The maximum atomic E-state index is 2.39. The second-order valence-electron chi connectivity index (χ2n) is 6.77. The van der Waals surface area contributed by atoms with Gasteiger partial charge in [0, 0.05) is 0 Å². The van der Waals surface area contributed by atoms with Gasteiger partial charge in [-0.3, -0.25) is 0 Å². The average Bonchev–Trinajstić information content (AvgIpc) is 2.40. The molecule has 2 fully saturated rings. The monoisotopic (exact) mass is 236 g/mol. The van der Waals surface area contributed by atoms with E-state index in [-0.39, 0.29) is 0 Å². The summed E-state index contributed by atoms with van der Waals surface area (Å²) in [7, 11) is 0. The van der Waals surface area contributed by atoms with E-state index in [4.69, 9.17) is 0 Å². The van der Waals surface area contributed by atoms with Gasteiger partial charge < -0.3 is 0 Å². The molecule has 0 saturated heterocycles. The largest absolute Gasteiger partial charge is 0.0654 e. The smallest absolute Gasteiger partial charge is 0.0383 e. The summed E-state index contributed by atoms with van der Waals surface area (Å²) in [6, 6.07) is 0. The van der Waals surface area contributed by atoms with Crippen LogP contribution in [0.25, 0.3) is 0 Å². The fourth-order valence-corrected chi connectivity index (χ4v) is 4.49. The summed E-state index contributed by atoms with van der Waals surface area (Å²) in [5, 5.41) is 0. The van der Waals surface area contributed by atoms with E-state index in [2.05, 4.69) is 13.8 Å². The number of hydrogen-bond donors (Lipinski definition) is 0. The molecule has 2 saturated carbocycles. The van der Waals surface area contributed by atoms with Crippen LogP contribution >= 0.6 is 0 Å². The van der Waals surface area contributed by atoms with Crippen LogP contribution in [0.1, 0.15) is 84.5 Å². The highest BCUT2D eigenvalue weighted by atomic mass is 14.4. The van der Waals surface area contributed by atoms with Crippen molar-refractivity contribution in [3.05, 3.63) is 0 Å². The Hall–Kier alpha value is 0. The van der Waals surface area contributed by atoms with E-state index < -0.39 is 0 Å². The van der Waals surface area contributed by atoms with E-state index in [1.54, 1.807) is 38.5 Å². The molecule has 0 bridgehead atoms. The quantitative estimate of drug-likeness (QED) is 0.578. The lowest BCUT2D eigenvalue weighted by molar-refractivity contribution is 0.135. The summed E-state index contributed by atoms with van der Waals surface area (Å²) >= 11 is 0. The molecule has 0 spiro atoms. The summed E-state index contributed by atoms with van der Waals surface area (Å²) in [6.07, 6.45) is 16.7. The number of hydrogen-bond acceptors (Lipinski definition) is 0. The van der Waals surface area contributed by atoms with Crippen LogP contribution < -0.4 is 0 Å². The molecule has 100 valence electrons. The predicted molar refractivity (Wildman–Crippen MR) is 76.1 cm³/mol. The lowest BCUT2D eigenvalue weighted by Crippen LogP contribution is -2.26. The van der Waals surface area contributed by atoms with Crippen LogP contribution in [0.3, 0.4) is 0 Å². The summed E-state index contributed by atoms with van der Waals surface area (Å²) in [4.78, 5) is 0. The molecule has 2 rings (SSSR count). The molecule has 0 nitrogen and oxygen atoms in total. The molecular formula is C17H32. The lowest BCUT2D eigenvalue weighted by Gasteiger charge is -2.38. The summed E-state index contributed by atoms with van der Waals surface area (Å²) < 4.78 is 0. The highest BCUT2D eigenvalue weighted by molar-refractivity contribution is 4.82. The minimum atomic E-state index is 1.07. The molecule has 0 N–H and O–H groups in total. The molecule has 0 amide bonds. The molecule has 0 heteroatoms. The molecule has 0 aliphatic heterocycles. The van der Waals surface area contributed by atoms with Crippen molar-refractivity contribution in [1.82, 2.24) is 0 Å². The van der Waals surface area contributed by atoms with E-state index in [0.29, 0.717) is 0 Å². The van der Waals surface area contributed by atoms with Gasteiger partial charge in [0.05, 0.1) is 0 Å². The van der Waals surface area contributed by atoms with Crippen LogP contribution in [0.5, 0.6) is 0 Å². The molecule has 2 aliphatic rings. The summed E-state index contributed by atoms with van der Waals surface area (Å²) in [6.45, 7) is 4.74. The minimum absolute atomic E-state index is 1.07. The third-order valence-corrected chi connectivity index (χ3v) is 5.66. The van der Waals surface area contributed by atoms with E-state index >= 15 is 0 Å². The zero-order chi connectivity index (χ0) is 12.1. The zero-order valence-electron chi connectivity index (χ0n) is 12.1. The Balaban J connectivity index is 1.76. The second kappa shape index (κ2) is 6.81. The van der Waals surface area contributed by atoms with E-state index in [1.807, 2.05) is 0 Å². The third kappa shape index (κ3) is 3.73. The van der Waals surface area contributed by atoms with E-state index in [1.165, 1.54) is 32.1 Å². The molecule has 0 heterocycles. The fraction of sp³-hybridized carbons (Fsp3) is 1.00. The minimum Gasteiger partial charge on any atom is -0.0654 e. The highest BCUT2D eigenvalue weighted by Crippen LogP contribution is 2.42. The second-order valence-corrected chi connectivity index (χ2v) is 6.77. The Morgan fingerprint density at radius 1 is 0.765 bits per heavy atom. The van der Waals surface area contributed by atoms with Crippen LogP contribution in [0.15, 0.2) is 0 Å². The topological polar surface area (TPSA) is 0 Å². The van der Waals surface area contributed by atoms with Crippen molar-refractivity contribution in [2.75, 3.05) is 0 Å². The Morgan fingerprint density at radius 3 is 2.18 bits per heavy atom. The molecule has 0 aromatic heterocycles. The first-order chi connectivity index (χ1) is 8.33. The SMILES string of the molecule is CCCC1CCC(C2CCCC(CC)C2)CC1. The Bertz CT molecular complexity index is 200. The number of rotatable bonds is 4. The first kappa shape index (κ1) is 13.4. The van der Waals surface area contributed by atoms with Crippen molar-refractivity contribution in [3.8, 4) is 0 Å². The van der Waals surface area contributed by atoms with Crippen molar-refractivity contribution >= 4 is 0 Å². The maximum Gasteiger partial charge on any atom is -0.0383 e. The van der Waals surface area contributed by atoms with Gasteiger partial charge in [-0.25, -0.2) is 0 Å².